The fourth-order valence-electron chi connectivity index (χ4n) is 6.11. The number of carbonyl (C=O) groups is 2. The Hall–Kier alpha value is -2.35. The molecule has 0 unspecified atom stereocenters. The molecule has 5 nitrogen and oxygen atoms in total. The van der Waals surface area contributed by atoms with Crippen molar-refractivity contribution < 1.29 is 9.59 Å². The van der Waals surface area contributed by atoms with Crippen molar-refractivity contribution in [3.05, 3.63) is 35.9 Å². The second-order valence-electron chi connectivity index (χ2n) is 9.14. The normalized spacial score (nSPS) is 31.0. The average molecular weight is 380 g/mol. The van der Waals surface area contributed by atoms with Crippen molar-refractivity contribution in [3.8, 4) is 6.07 Å². The first kappa shape index (κ1) is 19.0. The molecule has 0 aliphatic heterocycles. The predicted molar refractivity (Wildman–Crippen MR) is 106 cm³/mol. The van der Waals surface area contributed by atoms with Crippen molar-refractivity contribution in [2.75, 3.05) is 6.54 Å². The highest BCUT2D eigenvalue weighted by molar-refractivity contribution is 5.84. The Labute approximate surface area is 166 Å². The topological polar surface area (TPSA) is 82.0 Å². The lowest BCUT2D eigenvalue weighted by Gasteiger charge is -2.55. The minimum absolute atomic E-state index is 0.153. The van der Waals surface area contributed by atoms with Gasteiger partial charge in [0.2, 0.25) is 11.8 Å². The molecule has 0 radical (unpaired) electrons. The Morgan fingerprint density at radius 2 is 1.68 bits per heavy atom. The molecule has 4 aliphatic carbocycles. The molecule has 1 atom stereocenters. The van der Waals surface area contributed by atoms with Crippen molar-refractivity contribution in [3.63, 3.8) is 0 Å². The van der Waals surface area contributed by atoms with Crippen LogP contribution in [0.4, 0.5) is 0 Å². The van der Waals surface area contributed by atoms with Gasteiger partial charge in [0.05, 0.1) is 6.07 Å². The third kappa shape index (κ3) is 4.06. The molecule has 5 heteroatoms. The summed E-state index contributed by atoms with van der Waals surface area (Å²) in [6.07, 6.45) is 7.73. The van der Waals surface area contributed by atoms with E-state index in [-0.39, 0.29) is 23.7 Å². The van der Waals surface area contributed by atoms with Crippen molar-refractivity contribution in [1.29, 1.82) is 5.26 Å². The van der Waals surface area contributed by atoms with E-state index in [1.165, 1.54) is 19.3 Å². The summed E-state index contributed by atoms with van der Waals surface area (Å²) in [6, 6.07) is 11.3. The molecule has 1 aromatic carbocycles. The van der Waals surface area contributed by atoms with Crippen LogP contribution < -0.4 is 10.6 Å². The van der Waals surface area contributed by atoms with Crippen LogP contribution in [-0.4, -0.2) is 24.4 Å². The maximum Gasteiger partial charge on any atom is 0.226 e. The molecule has 5 rings (SSSR count). The smallest absolute Gasteiger partial charge is 0.226 e. The zero-order valence-electron chi connectivity index (χ0n) is 16.3. The Balaban J connectivity index is 1.23. The minimum Gasteiger partial charge on any atom is -0.355 e. The van der Waals surface area contributed by atoms with Crippen LogP contribution in [0, 0.1) is 34.5 Å². The Morgan fingerprint density at radius 1 is 1.07 bits per heavy atom. The molecule has 28 heavy (non-hydrogen) atoms. The second-order valence-corrected chi connectivity index (χ2v) is 9.14. The van der Waals surface area contributed by atoms with E-state index in [1.807, 2.05) is 30.3 Å². The van der Waals surface area contributed by atoms with Gasteiger partial charge < -0.3 is 10.6 Å². The molecule has 4 fully saturated rings. The average Bonchev–Trinajstić information content (AvgIpc) is 2.67. The molecular weight excluding hydrogens is 350 g/mol. The van der Waals surface area contributed by atoms with E-state index in [0.29, 0.717) is 13.0 Å². The number of hydrogen-bond donors (Lipinski definition) is 2. The van der Waals surface area contributed by atoms with Crippen LogP contribution >= 0.6 is 0 Å². The Kier molecular flexibility index (Phi) is 5.39. The number of nitrogens with zero attached hydrogens (tertiary/aromatic N) is 1. The summed E-state index contributed by atoms with van der Waals surface area (Å²) in [5, 5.41) is 15.1. The summed E-state index contributed by atoms with van der Waals surface area (Å²) in [7, 11) is 0. The van der Waals surface area contributed by atoms with Gasteiger partial charge >= 0.3 is 0 Å². The highest BCUT2D eigenvalue weighted by atomic mass is 16.2. The van der Waals surface area contributed by atoms with Crippen molar-refractivity contribution in [2.24, 2.45) is 23.2 Å². The summed E-state index contributed by atoms with van der Waals surface area (Å²) in [4.78, 5) is 25.1. The maximum absolute atomic E-state index is 12.9. The number of nitriles is 1. The van der Waals surface area contributed by atoms with E-state index in [9.17, 15) is 14.9 Å². The molecule has 0 heterocycles. The third-order valence-corrected chi connectivity index (χ3v) is 6.93. The van der Waals surface area contributed by atoms with E-state index in [1.54, 1.807) is 0 Å². The first-order valence-corrected chi connectivity index (χ1v) is 10.6. The fraction of sp³-hybridized carbons (Fsp3) is 0.609. The summed E-state index contributed by atoms with van der Waals surface area (Å²) in [5.41, 5.74) is 0.845. The summed E-state index contributed by atoms with van der Waals surface area (Å²) < 4.78 is 0. The molecule has 1 aromatic rings. The van der Waals surface area contributed by atoms with Gasteiger partial charge in [-0.3, -0.25) is 9.59 Å². The molecule has 0 aromatic heterocycles. The standard InChI is InChI=1S/C23H29N3O2/c24-15-20(11-16-4-2-1-3-5-16)26-21(27)6-7-25-22(28)23-12-17-8-18(13-23)10-19(9-17)14-23/h1-5,17-20H,6-14H2,(H,25,28)(H,26,27)/t17?,18?,19?,20-,23?/m0/s1. The van der Waals surface area contributed by atoms with Gasteiger partial charge in [-0.1, -0.05) is 30.3 Å². The summed E-state index contributed by atoms with van der Waals surface area (Å²) >= 11 is 0. The van der Waals surface area contributed by atoms with Gasteiger partial charge in [-0.2, -0.15) is 5.26 Å². The van der Waals surface area contributed by atoms with Crippen LogP contribution in [0.1, 0.15) is 50.5 Å². The van der Waals surface area contributed by atoms with Crippen LogP contribution in [-0.2, 0) is 16.0 Å². The van der Waals surface area contributed by atoms with Crippen LogP contribution in [0.2, 0.25) is 0 Å². The van der Waals surface area contributed by atoms with Gasteiger partial charge in [0.1, 0.15) is 6.04 Å². The van der Waals surface area contributed by atoms with Crippen LogP contribution in [0.5, 0.6) is 0 Å². The predicted octanol–water partition coefficient (Wildman–Crippen LogP) is 2.96. The zero-order valence-corrected chi connectivity index (χ0v) is 16.3. The SMILES string of the molecule is N#C[C@H](Cc1ccccc1)NC(=O)CCNC(=O)C12CC3CC(CC(C3)C1)C2. The molecule has 4 aliphatic rings. The van der Waals surface area contributed by atoms with E-state index < -0.39 is 6.04 Å². The Morgan fingerprint density at radius 3 is 2.25 bits per heavy atom. The van der Waals surface area contributed by atoms with Gasteiger partial charge in [0.25, 0.3) is 0 Å². The van der Waals surface area contributed by atoms with Crippen LogP contribution in [0.15, 0.2) is 30.3 Å². The van der Waals surface area contributed by atoms with Gasteiger partial charge in [0, 0.05) is 24.8 Å². The molecule has 0 saturated heterocycles. The number of benzene rings is 1. The first-order valence-electron chi connectivity index (χ1n) is 10.6. The number of rotatable bonds is 7. The first-order chi connectivity index (χ1) is 13.6. The lowest BCUT2D eigenvalue weighted by atomic mass is 9.49. The largest absolute Gasteiger partial charge is 0.355 e. The monoisotopic (exact) mass is 379 g/mol. The van der Waals surface area contributed by atoms with Crippen molar-refractivity contribution in [2.45, 2.75) is 57.4 Å². The summed E-state index contributed by atoms with van der Waals surface area (Å²) in [5.74, 6) is 2.16. The number of hydrogen-bond acceptors (Lipinski definition) is 3. The number of amides is 2. The molecule has 2 N–H and O–H groups in total. The molecule has 2 amide bonds. The van der Waals surface area contributed by atoms with E-state index in [4.69, 9.17) is 0 Å². The third-order valence-electron chi connectivity index (χ3n) is 6.93. The molecule has 4 bridgehead atoms. The lowest BCUT2D eigenvalue weighted by molar-refractivity contribution is -0.146. The van der Waals surface area contributed by atoms with Crippen molar-refractivity contribution >= 4 is 11.8 Å². The summed E-state index contributed by atoms with van der Waals surface area (Å²) in [6.45, 7) is 0.343. The van der Waals surface area contributed by atoms with Crippen molar-refractivity contribution in [1.82, 2.24) is 10.6 Å². The van der Waals surface area contributed by atoms with E-state index in [0.717, 1.165) is 42.6 Å². The van der Waals surface area contributed by atoms with Gasteiger partial charge in [-0.15, -0.1) is 0 Å². The zero-order chi connectivity index (χ0) is 19.6. The highest BCUT2D eigenvalue weighted by Gasteiger charge is 2.54. The van der Waals surface area contributed by atoms with Crippen LogP contribution in [0.3, 0.4) is 0 Å². The van der Waals surface area contributed by atoms with E-state index >= 15 is 0 Å². The van der Waals surface area contributed by atoms with Crippen LogP contribution in [0.25, 0.3) is 0 Å². The van der Waals surface area contributed by atoms with E-state index in [2.05, 4.69) is 16.7 Å². The molecular formula is C23H29N3O2. The number of nitrogens with one attached hydrogen (secondary N) is 2. The Bertz CT molecular complexity index is 733. The molecule has 148 valence electrons. The highest BCUT2D eigenvalue weighted by Crippen LogP contribution is 2.60. The second kappa shape index (κ2) is 7.95. The molecule has 0 spiro atoms. The van der Waals surface area contributed by atoms with Gasteiger partial charge in [0.15, 0.2) is 0 Å². The maximum atomic E-state index is 12.9. The lowest BCUT2D eigenvalue weighted by Crippen LogP contribution is -2.53. The van der Waals surface area contributed by atoms with Gasteiger partial charge in [-0.05, 0) is 61.8 Å². The number of carbonyl (C=O) groups excluding carboxylic acids is 2. The molecule has 4 saturated carbocycles. The minimum atomic E-state index is -0.547. The van der Waals surface area contributed by atoms with Gasteiger partial charge in [-0.25, -0.2) is 0 Å². The fourth-order valence-corrected chi connectivity index (χ4v) is 6.11. The quantitative estimate of drug-likeness (QED) is 0.764.